The second-order valence-corrected chi connectivity index (χ2v) is 7.67. The number of rotatable bonds is 6. The SMILES string of the molecule is CC(=O)c1ccc(S(=O)(=O)NC(c2ccccc2)c2ccccc2)cc1. The average Bonchev–Trinajstić information content (AvgIpc) is 2.67. The lowest BCUT2D eigenvalue weighted by molar-refractivity contribution is 0.101. The highest BCUT2D eigenvalue weighted by Crippen LogP contribution is 2.24. The Balaban J connectivity index is 1.97. The zero-order valence-corrected chi connectivity index (χ0v) is 15.1. The van der Waals surface area contributed by atoms with Gasteiger partial charge in [-0.25, -0.2) is 8.42 Å². The second kappa shape index (κ2) is 7.64. The van der Waals surface area contributed by atoms with Gasteiger partial charge in [-0.3, -0.25) is 4.79 Å². The van der Waals surface area contributed by atoms with E-state index in [0.717, 1.165) is 11.1 Å². The summed E-state index contributed by atoms with van der Waals surface area (Å²) < 4.78 is 28.5. The Morgan fingerprint density at radius 2 is 1.23 bits per heavy atom. The third kappa shape index (κ3) is 4.07. The first-order valence-electron chi connectivity index (χ1n) is 8.20. The molecule has 0 bridgehead atoms. The molecule has 0 aliphatic carbocycles. The van der Waals surface area contributed by atoms with Crippen molar-refractivity contribution >= 4 is 15.8 Å². The minimum atomic E-state index is -3.76. The molecule has 4 nitrogen and oxygen atoms in total. The maximum absolute atomic E-state index is 12.9. The molecule has 132 valence electrons. The molecule has 3 aromatic rings. The standard InChI is InChI=1S/C21H19NO3S/c1-16(23)17-12-14-20(15-13-17)26(24,25)22-21(18-8-4-2-5-9-18)19-10-6-3-7-11-19/h2-15,21-22H,1H3. The lowest BCUT2D eigenvalue weighted by Crippen LogP contribution is -2.29. The largest absolute Gasteiger partial charge is 0.295 e. The highest BCUT2D eigenvalue weighted by Gasteiger charge is 2.22. The highest BCUT2D eigenvalue weighted by atomic mass is 32.2. The van der Waals surface area contributed by atoms with Crippen molar-refractivity contribution in [1.29, 1.82) is 0 Å². The Labute approximate surface area is 153 Å². The molecule has 3 rings (SSSR count). The highest BCUT2D eigenvalue weighted by molar-refractivity contribution is 7.89. The van der Waals surface area contributed by atoms with Crippen LogP contribution in [0.5, 0.6) is 0 Å². The molecule has 0 aliphatic heterocycles. The van der Waals surface area contributed by atoms with E-state index in [1.54, 1.807) is 0 Å². The Morgan fingerprint density at radius 1 is 0.769 bits per heavy atom. The van der Waals surface area contributed by atoms with Crippen molar-refractivity contribution in [3.63, 3.8) is 0 Å². The molecule has 0 heterocycles. The maximum Gasteiger partial charge on any atom is 0.241 e. The summed E-state index contributed by atoms with van der Waals surface area (Å²) in [5, 5.41) is 0. The van der Waals surface area contributed by atoms with Crippen molar-refractivity contribution in [2.45, 2.75) is 17.9 Å². The van der Waals surface area contributed by atoms with Crippen LogP contribution < -0.4 is 4.72 Å². The van der Waals surface area contributed by atoms with Crippen molar-refractivity contribution < 1.29 is 13.2 Å². The number of hydrogen-bond acceptors (Lipinski definition) is 3. The van der Waals surface area contributed by atoms with Gasteiger partial charge in [-0.2, -0.15) is 4.72 Å². The fourth-order valence-electron chi connectivity index (χ4n) is 2.71. The van der Waals surface area contributed by atoms with Crippen molar-refractivity contribution in [1.82, 2.24) is 4.72 Å². The number of carbonyl (C=O) groups is 1. The zero-order chi connectivity index (χ0) is 18.6. The molecule has 26 heavy (non-hydrogen) atoms. The number of ketones is 1. The first-order valence-corrected chi connectivity index (χ1v) is 9.69. The van der Waals surface area contributed by atoms with Crippen LogP contribution in [-0.2, 0) is 10.0 Å². The molecule has 0 spiro atoms. The number of Topliss-reactive ketones (excluding diaryl/α,β-unsaturated/α-hetero) is 1. The quantitative estimate of drug-likeness (QED) is 0.673. The lowest BCUT2D eigenvalue weighted by atomic mass is 10.00. The molecule has 0 unspecified atom stereocenters. The first-order chi connectivity index (χ1) is 12.5. The number of nitrogens with one attached hydrogen (secondary N) is 1. The summed E-state index contributed by atoms with van der Waals surface area (Å²) in [6, 6.07) is 24.3. The van der Waals surface area contributed by atoms with E-state index in [1.807, 2.05) is 60.7 Å². The molecule has 0 saturated carbocycles. The second-order valence-electron chi connectivity index (χ2n) is 5.96. The van der Waals surface area contributed by atoms with Gasteiger partial charge in [0.15, 0.2) is 5.78 Å². The van der Waals surface area contributed by atoms with E-state index in [-0.39, 0.29) is 10.7 Å². The van der Waals surface area contributed by atoms with E-state index < -0.39 is 16.1 Å². The Morgan fingerprint density at radius 3 is 1.65 bits per heavy atom. The van der Waals surface area contributed by atoms with Gasteiger partial charge in [-0.15, -0.1) is 0 Å². The van der Waals surface area contributed by atoms with Gasteiger partial charge in [-0.1, -0.05) is 72.8 Å². The third-order valence-corrected chi connectivity index (χ3v) is 5.55. The Bertz CT molecular complexity index is 943. The third-order valence-electron chi connectivity index (χ3n) is 4.11. The molecule has 1 N–H and O–H groups in total. The monoisotopic (exact) mass is 365 g/mol. The van der Waals surface area contributed by atoms with Crippen LogP contribution in [0.3, 0.4) is 0 Å². The van der Waals surface area contributed by atoms with Crippen molar-refractivity contribution in [3.05, 3.63) is 102 Å². The van der Waals surface area contributed by atoms with Gasteiger partial charge in [0, 0.05) is 5.56 Å². The van der Waals surface area contributed by atoms with Gasteiger partial charge < -0.3 is 0 Å². The van der Waals surface area contributed by atoms with E-state index in [0.29, 0.717) is 5.56 Å². The fourth-order valence-corrected chi connectivity index (χ4v) is 3.92. The minimum Gasteiger partial charge on any atom is -0.295 e. The molecule has 0 aliphatic rings. The van der Waals surface area contributed by atoms with Crippen LogP contribution in [0.15, 0.2) is 89.8 Å². The lowest BCUT2D eigenvalue weighted by Gasteiger charge is -2.20. The summed E-state index contributed by atoms with van der Waals surface area (Å²) in [5.74, 6) is -0.103. The smallest absolute Gasteiger partial charge is 0.241 e. The Hall–Kier alpha value is -2.76. The number of benzene rings is 3. The zero-order valence-electron chi connectivity index (χ0n) is 14.3. The van der Waals surface area contributed by atoms with Crippen LogP contribution in [-0.4, -0.2) is 14.2 Å². The Kier molecular flexibility index (Phi) is 5.30. The molecule has 0 atom stereocenters. The summed E-state index contributed by atoms with van der Waals surface area (Å²) in [5.41, 5.74) is 2.18. The average molecular weight is 365 g/mol. The summed E-state index contributed by atoms with van der Waals surface area (Å²) in [6.07, 6.45) is 0. The number of sulfonamides is 1. The van der Waals surface area contributed by atoms with Crippen LogP contribution in [0.4, 0.5) is 0 Å². The van der Waals surface area contributed by atoms with Gasteiger partial charge >= 0.3 is 0 Å². The van der Waals surface area contributed by atoms with E-state index in [4.69, 9.17) is 0 Å². The summed E-state index contributed by atoms with van der Waals surface area (Å²) >= 11 is 0. The molecular weight excluding hydrogens is 346 g/mol. The van der Waals surface area contributed by atoms with Crippen molar-refractivity contribution in [2.75, 3.05) is 0 Å². The summed E-state index contributed by atoms with van der Waals surface area (Å²) in [7, 11) is -3.76. The van der Waals surface area contributed by atoms with Crippen molar-refractivity contribution in [3.8, 4) is 0 Å². The molecule has 0 fully saturated rings. The van der Waals surface area contributed by atoms with Gasteiger partial charge in [0.05, 0.1) is 10.9 Å². The summed E-state index contributed by atoms with van der Waals surface area (Å²) in [4.78, 5) is 11.5. The molecule has 0 saturated heterocycles. The van der Waals surface area contributed by atoms with Crippen LogP contribution in [0.25, 0.3) is 0 Å². The van der Waals surface area contributed by atoms with Gasteiger partial charge in [0.2, 0.25) is 10.0 Å². The van der Waals surface area contributed by atoms with Crippen LogP contribution in [0.1, 0.15) is 34.5 Å². The van der Waals surface area contributed by atoms with Gasteiger partial charge in [0.25, 0.3) is 0 Å². The summed E-state index contributed by atoms with van der Waals surface area (Å²) in [6.45, 7) is 1.45. The van der Waals surface area contributed by atoms with Gasteiger partial charge in [0.1, 0.15) is 0 Å². The fraction of sp³-hybridized carbons (Fsp3) is 0.0952. The van der Waals surface area contributed by atoms with Crippen molar-refractivity contribution in [2.24, 2.45) is 0 Å². The number of hydrogen-bond donors (Lipinski definition) is 1. The van der Waals surface area contributed by atoms with Gasteiger partial charge in [-0.05, 0) is 30.2 Å². The van der Waals surface area contributed by atoms with E-state index in [1.165, 1.54) is 31.2 Å². The normalized spacial score (nSPS) is 11.5. The first kappa shape index (κ1) is 18.0. The molecule has 0 radical (unpaired) electrons. The minimum absolute atomic E-state index is 0.103. The molecule has 5 heteroatoms. The molecule has 0 aromatic heterocycles. The predicted octanol–water partition coefficient (Wildman–Crippen LogP) is 3.96. The van der Waals surface area contributed by atoms with Crippen LogP contribution >= 0.6 is 0 Å². The molecule has 0 amide bonds. The van der Waals surface area contributed by atoms with Crippen LogP contribution in [0.2, 0.25) is 0 Å². The van der Waals surface area contributed by atoms with E-state index >= 15 is 0 Å². The molecular formula is C21H19NO3S. The molecule has 3 aromatic carbocycles. The van der Waals surface area contributed by atoms with E-state index in [2.05, 4.69) is 4.72 Å². The van der Waals surface area contributed by atoms with Crippen LogP contribution in [0, 0.1) is 0 Å². The number of carbonyl (C=O) groups excluding carboxylic acids is 1. The van der Waals surface area contributed by atoms with E-state index in [9.17, 15) is 13.2 Å². The predicted molar refractivity (Wildman–Crippen MR) is 101 cm³/mol. The maximum atomic E-state index is 12.9. The topological polar surface area (TPSA) is 63.2 Å².